The van der Waals surface area contributed by atoms with Crippen LogP contribution >= 0.6 is 0 Å². The number of amides is 1. The number of rotatable bonds is 9. The first-order valence-electron chi connectivity index (χ1n) is 12.8. The number of aromatic carboxylic acids is 1. The molecule has 0 bridgehead atoms. The maximum Gasteiger partial charge on any atom is 0.372 e. The second-order valence-corrected chi connectivity index (χ2v) is 9.46. The van der Waals surface area contributed by atoms with Crippen LogP contribution in [0.25, 0.3) is 33.3 Å². The van der Waals surface area contributed by atoms with E-state index in [1.165, 1.54) is 6.26 Å². The number of carboxylic acid groups (broad SMARTS) is 1. The molecule has 6 aromatic rings. The van der Waals surface area contributed by atoms with Gasteiger partial charge in [0.15, 0.2) is 5.65 Å². The number of hydrogen-bond acceptors (Lipinski definition) is 8. The zero-order valence-corrected chi connectivity index (χ0v) is 21.9. The number of carbonyl (C=O) groups excluding carboxylic acids is 1. The van der Waals surface area contributed by atoms with Crippen molar-refractivity contribution in [3.63, 3.8) is 0 Å². The second-order valence-electron chi connectivity index (χ2n) is 9.46. The highest BCUT2D eigenvalue weighted by atomic mass is 16.6. The smallest absolute Gasteiger partial charge is 0.372 e. The van der Waals surface area contributed by atoms with Gasteiger partial charge in [0.1, 0.15) is 5.52 Å². The summed E-state index contributed by atoms with van der Waals surface area (Å²) in [5.74, 6) is -1.69. The van der Waals surface area contributed by atoms with Gasteiger partial charge in [-0.05, 0) is 66.6 Å². The maximum absolute atomic E-state index is 12.7. The summed E-state index contributed by atoms with van der Waals surface area (Å²) >= 11 is 0. The van der Waals surface area contributed by atoms with Gasteiger partial charge in [0.25, 0.3) is 5.91 Å². The van der Waals surface area contributed by atoms with Gasteiger partial charge >= 0.3 is 5.97 Å². The topological polar surface area (TPSA) is 145 Å². The van der Waals surface area contributed by atoms with E-state index in [9.17, 15) is 9.59 Å². The molecule has 0 atom stereocenters. The summed E-state index contributed by atoms with van der Waals surface area (Å²) in [6.45, 7) is 2.43. The number of nitrogens with one attached hydrogen (secondary N) is 1. The van der Waals surface area contributed by atoms with Gasteiger partial charge in [0.05, 0.1) is 30.6 Å². The molecular weight excluding hydrogens is 524 g/mol. The summed E-state index contributed by atoms with van der Waals surface area (Å²) in [5, 5.41) is 18.7. The molecule has 0 radical (unpaired) electrons. The van der Waals surface area contributed by atoms with E-state index >= 15 is 0 Å². The van der Waals surface area contributed by atoms with Crippen LogP contribution in [-0.4, -0.2) is 48.6 Å². The predicted octanol–water partition coefficient (Wildman–Crippen LogP) is 4.59. The fourth-order valence-corrected chi connectivity index (χ4v) is 4.65. The standard InChI is InChI=1S/C30H24N6O5/c1-18-15-22(5-6-23(18)29(37)34-41-14-11-20-10-13-40-27(20)30(38)39)25-8-9-26-28(32-25)36(35-33-26)17-19-4-7-24-21(16-19)3-2-12-31-24/h2-10,12-13,15-16H,11,14,17H2,1H3,(H,34,37)(H,38,39). The lowest BCUT2D eigenvalue weighted by Gasteiger charge is -2.10. The number of hydroxylamine groups is 1. The maximum atomic E-state index is 12.7. The van der Waals surface area contributed by atoms with Gasteiger partial charge in [-0.25, -0.2) is 19.9 Å². The zero-order valence-electron chi connectivity index (χ0n) is 21.9. The van der Waals surface area contributed by atoms with Crippen molar-refractivity contribution in [1.82, 2.24) is 30.4 Å². The molecule has 0 fully saturated rings. The van der Waals surface area contributed by atoms with Gasteiger partial charge in [-0.1, -0.05) is 23.4 Å². The third-order valence-corrected chi connectivity index (χ3v) is 6.71. The number of benzene rings is 2. The van der Waals surface area contributed by atoms with E-state index in [1.807, 2.05) is 55.5 Å². The normalized spacial score (nSPS) is 11.2. The highest BCUT2D eigenvalue weighted by Gasteiger charge is 2.15. The minimum Gasteiger partial charge on any atom is -0.475 e. The number of nitrogens with zero attached hydrogens (tertiary/aromatic N) is 5. The fourth-order valence-electron chi connectivity index (χ4n) is 4.65. The molecule has 11 nitrogen and oxygen atoms in total. The summed E-state index contributed by atoms with van der Waals surface area (Å²) in [7, 11) is 0. The molecule has 0 aliphatic carbocycles. The van der Waals surface area contributed by atoms with Crippen LogP contribution in [-0.2, 0) is 17.8 Å². The van der Waals surface area contributed by atoms with Crippen LogP contribution in [0.3, 0.4) is 0 Å². The van der Waals surface area contributed by atoms with Crippen LogP contribution in [0.15, 0.2) is 83.6 Å². The summed E-state index contributed by atoms with van der Waals surface area (Å²) < 4.78 is 6.71. The van der Waals surface area contributed by atoms with E-state index in [0.29, 0.717) is 28.8 Å². The molecule has 0 aliphatic rings. The van der Waals surface area contributed by atoms with Crippen molar-refractivity contribution in [2.75, 3.05) is 6.61 Å². The fraction of sp³-hybridized carbons (Fsp3) is 0.133. The van der Waals surface area contributed by atoms with Crippen molar-refractivity contribution >= 4 is 33.9 Å². The first-order valence-corrected chi connectivity index (χ1v) is 12.8. The molecule has 2 aromatic carbocycles. The first-order chi connectivity index (χ1) is 20.0. The molecule has 0 saturated heterocycles. The van der Waals surface area contributed by atoms with Gasteiger partial charge in [-0.15, -0.1) is 5.10 Å². The summed E-state index contributed by atoms with van der Waals surface area (Å²) in [5.41, 5.74) is 9.00. The largest absolute Gasteiger partial charge is 0.475 e. The van der Waals surface area contributed by atoms with Crippen molar-refractivity contribution in [3.05, 3.63) is 107 Å². The minimum absolute atomic E-state index is 0.0877. The Balaban J connectivity index is 1.14. The zero-order chi connectivity index (χ0) is 28.3. The Hall–Kier alpha value is -5.42. The number of pyridine rings is 2. The van der Waals surface area contributed by atoms with Crippen molar-refractivity contribution in [1.29, 1.82) is 0 Å². The Kier molecular flexibility index (Phi) is 6.92. The molecule has 4 heterocycles. The molecule has 2 N–H and O–H groups in total. The van der Waals surface area contributed by atoms with Crippen molar-refractivity contribution in [3.8, 4) is 11.3 Å². The van der Waals surface area contributed by atoms with Crippen LogP contribution in [0, 0.1) is 6.92 Å². The van der Waals surface area contributed by atoms with Crippen LogP contribution in [0.5, 0.6) is 0 Å². The van der Waals surface area contributed by atoms with Crippen molar-refractivity contribution in [2.24, 2.45) is 0 Å². The van der Waals surface area contributed by atoms with E-state index in [0.717, 1.165) is 33.3 Å². The molecule has 1 amide bonds. The number of hydrogen-bond donors (Lipinski definition) is 2. The number of carboxylic acids is 1. The SMILES string of the molecule is Cc1cc(-c2ccc3nnn(Cc4ccc5ncccc5c4)c3n2)ccc1C(=O)NOCCc1ccoc1C(=O)O. The van der Waals surface area contributed by atoms with Gasteiger partial charge < -0.3 is 9.52 Å². The van der Waals surface area contributed by atoms with Crippen LogP contribution in [0.4, 0.5) is 0 Å². The quantitative estimate of drug-likeness (QED) is 0.196. The van der Waals surface area contributed by atoms with E-state index in [1.54, 1.807) is 23.0 Å². The lowest BCUT2D eigenvalue weighted by molar-refractivity contribution is 0.0321. The van der Waals surface area contributed by atoms with Crippen molar-refractivity contribution < 1.29 is 24.0 Å². The third kappa shape index (κ3) is 5.38. The van der Waals surface area contributed by atoms with Gasteiger partial charge in [-0.3, -0.25) is 14.6 Å². The van der Waals surface area contributed by atoms with Gasteiger partial charge in [0, 0.05) is 34.7 Å². The first kappa shape index (κ1) is 25.8. The molecule has 11 heteroatoms. The number of furan rings is 1. The van der Waals surface area contributed by atoms with Crippen LogP contribution in [0.1, 0.15) is 37.6 Å². The van der Waals surface area contributed by atoms with E-state index in [4.69, 9.17) is 19.3 Å². The summed E-state index contributed by atoms with van der Waals surface area (Å²) in [4.78, 5) is 38.3. The minimum atomic E-state index is -1.15. The van der Waals surface area contributed by atoms with E-state index < -0.39 is 11.9 Å². The summed E-state index contributed by atoms with van der Waals surface area (Å²) in [6.07, 6.45) is 3.35. The number of aromatic nitrogens is 5. The molecular formula is C30H24N6O5. The molecule has 0 saturated carbocycles. The number of aryl methyl sites for hydroxylation is 1. The summed E-state index contributed by atoms with van der Waals surface area (Å²) in [6, 6.07) is 20.8. The Bertz CT molecular complexity index is 1910. The molecule has 0 spiro atoms. The average Bonchev–Trinajstić information content (AvgIpc) is 3.62. The third-order valence-electron chi connectivity index (χ3n) is 6.71. The monoisotopic (exact) mass is 548 g/mol. The van der Waals surface area contributed by atoms with Crippen molar-refractivity contribution in [2.45, 2.75) is 19.9 Å². The lowest BCUT2D eigenvalue weighted by atomic mass is 10.0. The van der Waals surface area contributed by atoms with E-state index in [-0.39, 0.29) is 18.8 Å². The Morgan fingerprint density at radius 1 is 1.05 bits per heavy atom. The highest BCUT2D eigenvalue weighted by Crippen LogP contribution is 2.24. The van der Waals surface area contributed by atoms with Gasteiger partial charge in [0.2, 0.25) is 5.76 Å². The molecule has 204 valence electrons. The Morgan fingerprint density at radius 3 is 2.78 bits per heavy atom. The average molecular weight is 549 g/mol. The Morgan fingerprint density at radius 2 is 1.93 bits per heavy atom. The molecule has 0 aliphatic heterocycles. The molecule has 6 rings (SSSR count). The Labute approximate surface area is 233 Å². The predicted molar refractivity (Wildman–Crippen MR) is 149 cm³/mol. The molecule has 41 heavy (non-hydrogen) atoms. The number of carbonyl (C=O) groups is 2. The highest BCUT2D eigenvalue weighted by molar-refractivity contribution is 5.95. The van der Waals surface area contributed by atoms with Gasteiger partial charge in [-0.2, -0.15) is 0 Å². The number of fused-ring (bicyclic) bond motifs is 2. The lowest BCUT2D eigenvalue weighted by Crippen LogP contribution is -2.25. The van der Waals surface area contributed by atoms with Crippen LogP contribution < -0.4 is 5.48 Å². The van der Waals surface area contributed by atoms with Crippen LogP contribution in [0.2, 0.25) is 0 Å². The molecule has 0 unspecified atom stereocenters. The molecule has 4 aromatic heterocycles. The van der Waals surface area contributed by atoms with E-state index in [2.05, 4.69) is 26.8 Å². The second kappa shape index (κ2) is 11.0.